The van der Waals surface area contributed by atoms with Crippen molar-refractivity contribution in [1.82, 2.24) is 10.4 Å². The van der Waals surface area contributed by atoms with Gasteiger partial charge in [-0.2, -0.15) is 0 Å². The maximum Gasteiger partial charge on any atom is 0.0556 e. The van der Waals surface area contributed by atoms with Crippen molar-refractivity contribution in [2.24, 2.45) is 5.84 Å². The molecule has 2 heterocycles. The van der Waals surface area contributed by atoms with Crippen LogP contribution < -0.4 is 11.3 Å². The Balaban J connectivity index is 1.94. The molecular formula is C12H15N3S. The first-order valence-corrected chi connectivity index (χ1v) is 6.16. The fraction of sp³-hybridized carbons (Fsp3) is 0.250. The van der Waals surface area contributed by atoms with Gasteiger partial charge >= 0.3 is 0 Å². The van der Waals surface area contributed by atoms with Crippen LogP contribution in [-0.4, -0.2) is 4.98 Å². The highest BCUT2D eigenvalue weighted by molar-refractivity contribution is 7.10. The van der Waals surface area contributed by atoms with Gasteiger partial charge in [0.05, 0.1) is 6.04 Å². The molecule has 4 heteroatoms. The third-order valence-electron chi connectivity index (χ3n) is 2.53. The summed E-state index contributed by atoms with van der Waals surface area (Å²) in [6, 6.07) is 8.45. The first kappa shape index (κ1) is 11.3. The van der Waals surface area contributed by atoms with Crippen LogP contribution in [0, 0.1) is 0 Å². The first-order chi connectivity index (χ1) is 7.90. The molecule has 0 saturated carbocycles. The van der Waals surface area contributed by atoms with Gasteiger partial charge < -0.3 is 0 Å². The van der Waals surface area contributed by atoms with Gasteiger partial charge in [0.2, 0.25) is 0 Å². The van der Waals surface area contributed by atoms with Crippen LogP contribution in [0.1, 0.15) is 22.9 Å². The van der Waals surface area contributed by atoms with Crippen LogP contribution >= 0.6 is 11.3 Å². The number of nitrogens with zero attached hydrogens (tertiary/aromatic N) is 1. The predicted molar refractivity (Wildman–Crippen MR) is 66.9 cm³/mol. The van der Waals surface area contributed by atoms with E-state index in [1.165, 1.54) is 10.4 Å². The second-order valence-electron chi connectivity index (χ2n) is 3.63. The number of pyridine rings is 1. The minimum atomic E-state index is 0.236. The van der Waals surface area contributed by atoms with E-state index >= 15 is 0 Å². The number of rotatable bonds is 5. The second-order valence-corrected chi connectivity index (χ2v) is 4.61. The molecule has 16 heavy (non-hydrogen) atoms. The molecule has 0 amide bonds. The molecule has 0 radical (unpaired) electrons. The van der Waals surface area contributed by atoms with E-state index in [1.807, 2.05) is 12.3 Å². The Kier molecular flexibility index (Phi) is 4.04. The van der Waals surface area contributed by atoms with Crippen molar-refractivity contribution < 1.29 is 0 Å². The van der Waals surface area contributed by atoms with Gasteiger partial charge in [-0.3, -0.25) is 16.3 Å². The Bertz CT molecular complexity index is 399. The molecule has 0 spiro atoms. The van der Waals surface area contributed by atoms with E-state index < -0.39 is 0 Å². The topological polar surface area (TPSA) is 50.9 Å². The first-order valence-electron chi connectivity index (χ1n) is 5.28. The van der Waals surface area contributed by atoms with Crippen LogP contribution in [0.15, 0.2) is 42.0 Å². The summed E-state index contributed by atoms with van der Waals surface area (Å²) in [6.45, 7) is 0. The lowest BCUT2D eigenvalue weighted by Crippen LogP contribution is -2.27. The molecule has 0 saturated heterocycles. The lowest BCUT2D eigenvalue weighted by atomic mass is 10.1. The van der Waals surface area contributed by atoms with Crippen LogP contribution in [-0.2, 0) is 6.42 Å². The van der Waals surface area contributed by atoms with Crippen molar-refractivity contribution >= 4 is 11.3 Å². The van der Waals surface area contributed by atoms with E-state index in [9.17, 15) is 0 Å². The van der Waals surface area contributed by atoms with Gasteiger partial charge in [-0.25, -0.2) is 0 Å². The quantitative estimate of drug-likeness (QED) is 0.615. The SMILES string of the molecule is NNC(CCc1cccnc1)c1cccs1. The number of thiophene rings is 1. The molecule has 3 N–H and O–H groups in total. The van der Waals surface area contributed by atoms with Gasteiger partial charge in [0.1, 0.15) is 0 Å². The zero-order valence-corrected chi connectivity index (χ0v) is 9.78. The highest BCUT2D eigenvalue weighted by Gasteiger charge is 2.10. The number of aryl methyl sites for hydroxylation is 1. The smallest absolute Gasteiger partial charge is 0.0556 e. The molecule has 0 aliphatic heterocycles. The minimum Gasteiger partial charge on any atom is -0.271 e. The van der Waals surface area contributed by atoms with E-state index in [1.54, 1.807) is 17.5 Å². The Labute approximate surface area is 99.3 Å². The normalized spacial score (nSPS) is 12.6. The fourth-order valence-corrected chi connectivity index (χ4v) is 2.48. The zero-order chi connectivity index (χ0) is 11.2. The molecule has 1 unspecified atom stereocenters. The molecule has 0 aliphatic carbocycles. The van der Waals surface area contributed by atoms with E-state index in [0.717, 1.165) is 12.8 Å². The van der Waals surface area contributed by atoms with Gasteiger partial charge in [0.15, 0.2) is 0 Å². The summed E-state index contributed by atoms with van der Waals surface area (Å²) >= 11 is 1.73. The highest BCUT2D eigenvalue weighted by Crippen LogP contribution is 2.22. The van der Waals surface area contributed by atoms with Crippen LogP contribution in [0.5, 0.6) is 0 Å². The van der Waals surface area contributed by atoms with Crippen molar-refractivity contribution in [3.8, 4) is 0 Å². The molecule has 2 aromatic rings. The largest absolute Gasteiger partial charge is 0.271 e. The van der Waals surface area contributed by atoms with Gasteiger partial charge in [-0.15, -0.1) is 11.3 Å². The fourth-order valence-electron chi connectivity index (χ4n) is 1.65. The van der Waals surface area contributed by atoms with Crippen molar-refractivity contribution in [3.05, 3.63) is 52.5 Å². The lowest BCUT2D eigenvalue weighted by Gasteiger charge is -2.13. The summed E-state index contributed by atoms with van der Waals surface area (Å²) in [7, 11) is 0. The van der Waals surface area contributed by atoms with E-state index in [2.05, 4.69) is 34.0 Å². The van der Waals surface area contributed by atoms with Gasteiger partial charge in [0, 0.05) is 17.3 Å². The number of nitrogens with two attached hydrogens (primary N) is 1. The molecule has 0 aromatic carbocycles. The predicted octanol–water partition coefficient (Wildman–Crippen LogP) is 2.28. The molecule has 84 valence electrons. The Morgan fingerprint density at radius 2 is 2.31 bits per heavy atom. The third-order valence-corrected chi connectivity index (χ3v) is 3.52. The van der Waals surface area contributed by atoms with Crippen molar-refractivity contribution in [2.75, 3.05) is 0 Å². The summed E-state index contributed by atoms with van der Waals surface area (Å²) in [5.74, 6) is 5.57. The summed E-state index contributed by atoms with van der Waals surface area (Å²) in [5.41, 5.74) is 4.11. The summed E-state index contributed by atoms with van der Waals surface area (Å²) in [5, 5.41) is 2.07. The average molecular weight is 233 g/mol. The Hall–Kier alpha value is -1.23. The average Bonchev–Trinajstić information content (AvgIpc) is 2.85. The van der Waals surface area contributed by atoms with E-state index in [-0.39, 0.29) is 6.04 Å². The summed E-state index contributed by atoms with van der Waals surface area (Å²) in [4.78, 5) is 5.39. The second kappa shape index (κ2) is 5.75. The van der Waals surface area contributed by atoms with Crippen molar-refractivity contribution in [2.45, 2.75) is 18.9 Å². The van der Waals surface area contributed by atoms with Gasteiger partial charge in [-0.05, 0) is 35.9 Å². The van der Waals surface area contributed by atoms with Crippen LogP contribution in [0.25, 0.3) is 0 Å². The van der Waals surface area contributed by atoms with Crippen molar-refractivity contribution in [1.29, 1.82) is 0 Å². The molecule has 2 rings (SSSR count). The third kappa shape index (κ3) is 2.88. The van der Waals surface area contributed by atoms with Gasteiger partial charge in [0.25, 0.3) is 0 Å². The number of nitrogens with one attached hydrogen (secondary N) is 1. The number of aromatic nitrogens is 1. The molecule has 0 aliphatic rings. The minimum absolute atomic E-state index is 0.236. The summed E-state index contributed by atoms with van der Waals surface area (Å²) < 4.78 is 0. The Morgan fingerprint density at radius 1 is 1.38 bits per heavy atom. The number of hydrogen-bond donors (Lipinski definition) is 2. The molecule has 0 fully saturated rings. The highest BCUT2D eigenvalue weighted by atomic mass is 32.1. The molecule has 3 nitrogen and oxygen atoms in total. The monoisotopic (exact) mass is 233 g/mol. The van der Waals surface area contributed by atoms with E-state index in [4.69, 9.17) is 5.84 Å². The van der Waals surface area contributed by atoms with Crippen LogP contribution in [0.2, 0.25) is 0 Å². The van der Waals surface area contributed by atoms with Crippen LogP contribution in [0.4, 0.5) is 0 Å². The van der Waals surface area contributed by atoms with Crippen LogP contribution in [0.3, 0.4) is 0 Å². The molecule has 0 bridgehead atoms. The van der Waals surface area contributed by atoms with Gasteiger partial charge in [-0.1, -0.05) is 12.1 Å². The number of hydrogen-bond acceptors (Lipinski definition) is 4. The Morgan fingerprint density at radius 3 is 2.94 bits per heavy atom. The standard InChI is InChI=1S/C12H15N3S/c13-15-11(12-4-2-8-16-12)6-5-10-3-1-7-14-9-10/h1-4,7-9,11,15H,5-6,13H2. The van der Waals surface area contributed by atoms with E-state index in [0.29, 0.717) is 0 Å². The molecule has 2 aromatic heterocycles. The molecule has 1 atom stereocenters. The molecular weight excluding hydrogens is 218 g/mol. The maximum absolute atomic E-state index is 5.57. The lowest BCUT2D eigenvalue weighted by molar-refractivity contribution is 0.524. The zero-order valence-electron chi connectivity index (χ0n) is 8.97. The summed E-state index contributed by atoms with van der Waals surface area (Å²) in [6.07, 6.45) is 5.67. The number of hydrazine groups is 1. The maximum atomic E-state index is 5.57. The van der Waals surface area contributed by atoms with Crippen molar-refractivity contribution in [3.63, 3.8) is 0 Å².